The molecule has 21 heavy (non-hydrogen) atoms. The first kappa shape index (κ1) is 16.0. The third-order valence-electron chi connectivity index (χ3n) is 3.75. The predicted molar refractivity (Wildman–Crippen MR) is 88.2 cm³/mol. The summed E-state index contributed by atoms with van der Waals surface area (Å²) in [6, 6.07) is 8.38. The summed E-state index contributed by atoms with van der Waals surface area (Å²) in [5.74, 6) is 0.188. The van der Waals surface area contributed by atoms with E-state index in [0.29, 0.717) is 6.54 Å². The molecule has 0 aliphatic carbocycles. The first-order valence-corrected chi connectivity index (χ1v) is 9.15. The van der Waals surface area contributed by atoms with Crippen molar-refractivity contribution >= 4 is 20.7 Å². The van der Waals surface area contributed by atoms with Crippen LogP contribution in [0.4, 0.5) is 0 Å². The van der Waals surface area contributed by atoms with Gasteiger partial charge in [-0.2, -0.15) is 0 Å². The van der Waals surface area contributed by atoms with Gasteiger partial charge in [0.2, 0.25) is 0 Å². The van der Waals surface area contributed by atoms with Gasteiger partial charge in [0.05, 0.1) is 11.0 Å². The summed E-state index contributed by atoms with van der Waals surface area (Å²) in [7, 11) is -2.99. The second-order valence-electron chi connectivity index (χ2n) is 5.60. The maximum absolute atomic E-state index is 11.9. The van der Waals surface area contributed by atoms with Crippen molar-refractivity contribution in [2.75, 3.05) is 12.3 Å². The second-order valence-corrected chi connectivity index (χ2v) is 8.28. The maximum Gasteiger partial charge on any atom is 0.154 e. The number of nitrogens with zero attached hydrogens (tertiary/aromatic N) is 1. The standard InChI is InChI=1S/C16H24N2O2S/c1-4-17-12-14-5-6-16-15(11-14)7-8-18(16)9-10-21(19,20)13(2)3/h5-8,11,13,17H,4,9-10,12H2,1-3H3. The molecule has 0 amide bonds. The van der Waals surface area contributed by atoms with Crippen LogP contribution in [0.15, 0.2) is 30.5 Å². The lowest BCUT2D eigenvalue weighted by molar-refractivity contribution is 0.581. The quantitative estimate of drug-likeness (QED) is 0.855. The van der Waals surface area contributed by atoms with Crippen LogP contribution in [0.1, 0.15) is 26.3 Å². The molecule has 0 radical (unpaired) electrons. The average molecular weight is 308 g/mol. The van der Waals surface area contributed by atoms with E-state index in [9.17, 15) is 8.42 Å². The summed E-state index contributed by atoms with van der Waals surface area (Å²) in [5.41, 5.74) is 2.34. The molecule has 0 saturated carbocycles. The van der Waals surface area contributed by atoms with Crippen molar-refractivity contribution in [1.29, 1.82) is 0 Å². The smallest absolute Gasteiger partial charge is 0.154 e. The van der Waals surface area contributed by atoms with Crippen LogP contribution >= 0.6 is 0 Å². The van der Waals surface area contributed by atoms with Gasteiger partial charge in [0.15, 0.2) is 9.84 Å². The third-order valence-corrected chi connectivity index (χ3v) is 5.94. The van der Waals surface area contributed by atoms with E-state index in [1.165, 1.54) is 5.56 Å². The van der Waals surface area contributed by atoms with E-state index >= 15 is 0 Å². The van der Waals surface area contributed by atoms with E-state index in [1.54, 1.807) is 13.8 Å². The first-order chi connectivity index (χ1) is 9.94. The highest BCUT2D eigenvalue weighted by Crippen LogP contribution is 2.18. The number of fused-ring (bicyclic) bond motifs is 1. The van der Waals surface area contributed by atoms with Crippen LogP contribution in [0.5, 0.6) is 0 Å². The topological polar surface area (TPSA) is 51.1 Å². The highest BCUT2D eigenvalue weighted by molar-refractivity contribution is 7.91. The number of aromatic nitrogens is 1. The zero-order valence-corrected chi connectivity index (χ0v) is 13.8. The average Bonchev–Trinajstić information content (AvgIpc) is 2.85. The minimum absolute atomic E-state index is 0.188. The van der Waals surface area contributed by atoms with E-state index in [1.807, 2.05) is 16.8 Å². The molecule has 2 aromatic rings. The van der Waals surface area contributed by atoms with Gasteiger partial charge >= 0.3 is 0 Å². The Morgan fingerprint density at radius 1 is 1.24 bits per heavy atom. The Bertz CT molecular complexity index is 702. The Hall–Kier alpha value is -1.33. The molecular weight excluding hydrogens is 284 g/mol. The molecule has 1 N–H and O–H groups in total. The molecule has 0 aliphatic heterocycles. The Morgan fingerprint density at radius 2 is 2.00 bits per heavy atom. The molecular formula is C16H24N2O2S. The van der Waals surface area contributed by atoms with Crippen molar-refractivity contribution in [3.8, 4) is 0 Å². The van der Waals surface area contributed by atoms with Gasteiger partial charge in [-0.05, 0) is 49.5 Å². The van der Waals surface area contributed by atoms with Crippen molar-refractivity contribution < 1.29 is 8.42 Å². The zero-order valence-electron chi connectivity index (χ0n) is 13.0. The van der Waals surface area contributed by atoms with E-state index in [4.69, 9.17) is 0 Å². The minimum atomic E-state index is -2.99. The number of nitrogens with one attached hydrogen (secondary N) is 1. The molecule has 4 nitrogen and oxygen atoms in total. The van der Waals surface area contributed by atoms with Crippen molar-refractivity contribution in [3.05, 3.63) is 36.0 Å². The van der Waals surface area contributed by atoms with E-state index in [0.717, 1.165) is 24.0 Å². The first-order valence-electron chi connectivity index (χ1n) is 7.44. The zero-order chi connectivity index (χ0) is 15.5. The number of benzene rings is 1. The van der Waals surface area contributed by atoms with Gasteiger partial charge < -0.3 is 9.88 Å². The van der Waals surface area contributed by atoms with Crippen molar-refractivity contribution in [2.45, 2.75) is 39.1 Å². The second kappa shape index (κ2) is 6.62. The molecule has 0 spiro atoms. The summed E-state index contributed by atoms with van der Waals surface area (Å²) in [6.07, 6.45) is 1.97. The fourth-order valence-electron chi connectivity index (χ4n) is 2.29. The lowest BCUT2D eigenvalue weighted by atomic mass is 10.1. The van der Waals surface area contributed by atoms with Gasteiger partial charge in [0.1, 0.15) is 0 Å². The van der Waals surface area contributed by atoms with E-state index in [2.05, 4.69) is 30.4 Å². The number of rotatable bonds is 7. The molecule has 0 aliphatic rings. The number of sulfone groups is 1. The number of hydrogen-bond donors (Lipinski definition) is 1. The molecule has 1 aromatic heterocycles. The molecule has 2 rings (SSSR count). The van der Waals surface area contributed by atoms with Crippen molar-refractivity contribution in [1.82, 2.24) is 9.88 Å². The molecule has 116 valence electrons. The molecule has 0 bridgehead atoms. The Balaban J connectivity index is 2.15. The fraction of sp³-hybridized carbons (Fsp3) is 0.500. The SMILES string of the molecule is CCNCc1ccc2c(ccn2CCS(=O)(=O)C(C)C)c1. The van der Waals surface area contributed by atoms with Crippen LogP contribution in [0.2, 0.25) is 0 Å². The van der Waals surface area contributed by atoms with Crippen LogP contribution in [-0.4, -0.2) is 30.5 Å². The van der Waals surface area contributed by atoms with Gasteiger partial charge in [-0.3, -0.25) is 0 Å². The maximum atomic E-state index is 11.9. The molecule has 1 aromatic carbocycles. The Labute approximate surface area is 127 Å². The van der Waals surface area contributed by atoms with E-state index in [-0.39, 0.29) is 11.0 Å². The van der Waals surface area contributed by atoms with Gasteiger partial charge in [-0.15, -0.1) is 0 Å². The molecule has 0 atom stereocenters. The third kappa shape index (κ3) is 3.86. The largest absolute Gasteiger partial charge is 0.346 e. The van der Waals surface area contributed by atoms with Gasteiger partial charge in [-0.25, -0.2) is 8.42 Å². The van der Waals surface area contributed by atoms with E-state index < -0.39 is 9.84 Å². The Morgan fingerprint density at radius 3 is 2.67 bits per heavy atom. The monoisotopic (exact) mass is 308 g/mol. The molecule has 0 saturated heterocycles. The normalized spacial score (nSPS) is 12.4. The van der Waals surface area contributed by atoms with Crippen molar-refractivity contribution in [2.24, 2.45) is 0 Å². The summed E-state index contributed by atoms with van der Waals surface area (Å²) >= 11 is 0. The molecule has 5 heteroatoms. The summed E-state index contributed by atoms with van der Waals surface area (Å²) in [4.78, 5) is 0. The van der Waals surface area contributed by atoms with Gasteiger partial charge in [0, 0.05) is 24.8 Å². The number of aryl methyl sites for hydroxylation is 1. The highest BCUT2D eigenvalue weighted by atomic mass is 32.2. The highest BCUT2D eigenvalue weighted by Gasteiger charge is 2.16. The predicted octanol–water partition coefficient (Wildman–Crippen LogP) is 2.57. The van der Waals surface area contributed by atoms with Gasteiger partial charge in [-0.1, -0.05) is 13.0 Å². The van der Waals surface area contributed by atoms with Crippen LogP contribution in [0, 0.1) is 0 Å². The van der Waals surface area contributed by atoms with Crippen molar-refractivity contribution in [3.63, 3.8) is 0 Å². The lowest BCUT2D eigenvalue weighted by Crippen LogP contribution is -2.20. The minimum Gasteiger partial charge on any atom is -0.346 e. The lowest BCUT2D eigenvalue weighted by Gasteiger charge is -2.10. The number of hydrogen-bond acceptors (Lipinski definition) is 3. The molecule has 0 unspecified atom stereocenters. The summed E-state index contributed by atoms with van der Waals surface area (Å²) in [6.45, 7) is 7.87. The van der Waals surface area contributed by atoms with Gasteiger partial charge in [0.25, 0.3) is 0 Å². The molecule has 1 heterocycles. The Kier molecular flexibility index (Phi) is 5.06. The summed E-state index contributed by atoms with van der Waals surface area (Å²) in [5, 5.41) is 4.15. The van der Waals surface area contributed by atoms with Crippen LogP contribution < -0.4 is 5.32 Å². The molecule has 0 fully saturated rings. The van der Waals surface area contributed by atoms with Crippen LogP contribution in [0.25, 0.3) is 10.9 Å². The summed E-state index contributed by atoms with van der Waals surface area (Å²) < 4.78 is 25.8. The van der Waals surface area contributed by atoms with Crippen LogP contribution in [-0.2, 0) is 22.9 Å². The fourth-order valence-corrected chi connectivity index (χ4v) is 3.21. The van der Waals surface area contributed by atoms with Crippen LogP contribution in [0.3, 0.4) is 0 Å².